The van der Waals surface area contributed by atoms with Gasteiger partial charge >= 0.3 is 39.5 Å². The summed E-state index contributed by atoms with van der Waals surface area (Å²) in [4.78, 5) is 72.4. The number of unbranched alkanes of at least 4 members (excludes halogenated alkanes) is 33. The molecule has 19 heteroatoms. The van der Waals surface area contributed by atoms with E-state index in [1.165, 1.54) is 141 Å². The SMILES string of the molecule is CCCCCCCCCCCCCCCC(=O)OC[C@H](COP(=O)(O)OC[C@@H](O)COP(=O)(O)OC[C@@H](COC(=O)CCCCCCCCC(C)C)OC(=O)CCCCCCCCCCC(C)C)OC(=O)CCCCCCCCCCCCC(C)CC. The number of hydrogen-bond acceptors (Lipinski definition) is 15. The number of rotatable bonds is 66. The van der Waals surface area contributed by atoms with Gasteiger partial charge in [0, 0.05) is 25.7 Å². The molecule has 0 aliphatic heterocycles. The van der Waals surface area contributed by atoms with Crippen LogP contribution in [0.5, 0.6) is 0 Å². The van der Waals surface area contributed by atoms with E-state index in [-0.39, 0.29) is 25.7 Å². The molecule has 17 nitrogen and oxygen atoms in total. The van der Waals surface area contributed by atoms with Gasteiger partial charge in [0.1, 0.15) is 19.3 Å². The molecular weight excluding hydrogens is 1150 g/mol. The molecule has 0 heterocycles. The largest absolute Gasteiger partial charge is 0.472 e. The van der Waals surface area contributed by atoms with Crippen LogP contribution < -0.4 is 0 Å². The van der Waals surface area contributed by atoms with Crippen molar-refractivity contribution in [1.29, 1.82) is 0 Å². The summed E-state index contributed by atoms with van der Waals surface area (Å²) in [6, 6.07) is 0. The number of carbonyl (C=O) groups excluding carboxylic acids is 4. The summed E-state index contributed by atoms with van der Waals surface area (Å²) in [5.41, 5.74) is 0. The molecule has 87 heavy (non-hydrogen) atoms. The zero-order valence-corrected chi connectivity index (χ0v) is 58.3. The first-order valence-corrected chi connectivity index (χ1v) is 38.4. The van der Waals surface area contributed by atoms with E-state index in [4.69, 9.17) is 37.0 Å². The first-order valence-electron chi connectivity index (χ1n) is 35.4. The van der Waals surface area contributed by atoms with Crippen LogP contribution in [0.1, 0.15) is 337 Å². The molecule has 0 saturated heterocycles. The van der Waals surface area contributed by atoms with E-state index in [2.05, 4.69) is 48.5 Å². The number of phosphoric acid groups is 2. The lowest BCUT2D eigenvalue weighted by Crippen LogP contribution is -2.30. The van der Waals surface area contributed by atoms with Crippen molar-refractivity contribution in [3.63, 3.8) is 0 Å². The number of phosphoric ester groups is 2. The molecule has 0 saturated carbocycles. The van der Waals surface area contributed by atoms with Crippen LogP contribution in [0.4, 0.5) is 0 Å². The van der Waals surface area contributed by atoms with Gasteiger partial charge in [-0.1, -0.05) is 286 Å². The summed E-state index contributed by atoms with van der Waals surface area (Å²) in [5, 5.41) is 10.6. The Bertz CT molecular complexity index is 1720. The maximum absolute atomic E-state index is 13.0. The molecule has 0 aromatic rings. The van der Waals surface area contributed by atoms with Crippen LogP contribution in [0, 0.1) is 17.8 Å². The Balaban J connectivity index is 5.25. The topological polar surface area (TPSA) is 237 Å². The molecule has 516 valence electrons. The Kier molecular flexibility index (Phi) is 57.8. The Morgan fingerprint density at radius 1 is 0.333 bits per heavy atom. The van der Waals surface area contributed by atoms with Crippen molar-refractivity contribution in [3.05, 3.63) is 0 Å². The summed E-state index contributed by atoms with van der Waals surface area (Å²) in [6.07, 6.45) is 41.7. The van der Waals surface area contributed by atoms with Gasteiger partial charge in [-0.3, -0.25) is 37.3 Å². The number of carbonyl (C=O) groups is 4. The van der Waals surface area contributed by atoms with Crippen LogP contribution in [0.2, 0.25) is 0 Å². The van der Waals surface area contributed by atoms with Crippen LogP contribution in [-0.4, -0.2) is 96.7 Å². The van der Waals surface area contributed by atoms with Gasteiger partial charge in [0.05, 0.1) is 26.4 Å². The van der Waals surface area contributed by atoms with Crippen LogP contribution in [0.3, 0.4) is 0 Å². The molecule has 0 aromatic heterocycles. The third-order valence-corrected chi connectivity index (χ3v) is 17.9. The normalized spacial score (nSPS) is 14.6. The van der Waals surface area contributed by atoms with E-state index in [1.54, 1.807) is 0 Å². The van der Waals surface area contributed by atoms with Gasteiger partial charge in [0.2, 0.25) is 0 Å². The second-order valence-corrected chi connectivity index (χ2v) is 28.7. The fraction of sp³-hybridized carbons (Fsp3) is 0.941. The van der Waals surface area contributed by atoms with Crippen molar-refractivity contribution in [2.75, 3.05) is 39.6 Å². The average molecular weight is 1280 g/mol. The van der Waals surface area contributed by atoms with Gasteiger partial charge in [-0.15, -0.1) is 0 Å². The van der Waals surface area contributed by atoms with Crippen molar-refractivity contribution < 1.29 is 80.2 Å². The van der Waals surface area contributed by atoms with E-state index in [1.807, 2.05) is 0 Å². The van der Waals surface area contributed by atoms with Crippen molar-refractivity contribution in [3.8, 4) is 0 Å². The van der Waals surface area contributed by atoms with Gasteiger partial charge in [-0.25, -0.2) is 9.13 Å². The summed E-state index contributed by atoms with van der Waals surface area (Å²) >= 11 is 0. The fourth-order valence-corrected chi connectivity index (χ4v) is 11.7. The lowest BCUT2D eigenvalue weighted by Gasteiger charge is -2.21. The highest BCUT2D eigenvalue weighted by molar-refractivity contribution is 7.47. The molecule has 0 aromatic carbocycles. The van der Waals surface area contributed by atoms with Gasteiger partial charge < -0.3 is 33.8 Å². The molecule has 0 rings (SSSR count). The van der Waals surface area contributed by atoms with E-state index in [0.29, 0.717) is 31.6 Å². The quantitative estimate of drug-likeness (QED) is 0.0222. The molecule has 0 aliphatic carbocycles. The lowest BCUT2D eigenvalue weighted by molar-refractivity contribution is -0.161. The van der Waals surface area contributed by atoms with Gasteiger partial charge in [0.15, 0.2) is 12.2 Å². The number of aliphatic hydroxyl groups excluding tert-OH is 1. The molecule has 6 atom stereocenters. The molecule has 3 N–H and O–H groups in total. The second kappa shape index (κ2) is 59.1. The number of hydrogen-bond donors (Lipinski definition) is 3. The molecular formula is C68H132O17P2. The average Bonchev–Trinajstić information content (AvgIpc) is 3.60. The minimum Gasteiger partial charge on any atom is -0.462 e. The van der Waals surface area contributed by atoms with Crippen molar-refractivity contribution in [2.24, 2.45) is 17.8 Å². The molecule has 0 fully saturated rings. The molecule has 0 amide bonds. The minimum absolute atomic E-state index is 0.103. The predicted molar refractivity (Wildman–Crippen MR) is 349 cm³/mol. The van der Waals surface area contributed by atoms with Gasteiger partial charge in [0.25, 0.3) is 0 Å². The monoisotopic (exact) mass is 1280 g/mol. The number of esters is 4. The van der Waals surface area contributed by atoms with Crippen molar-refractivity contribution >= 4 is 39.5 Å². The smallest absolute Gasteiger partial charge is 0.462 e. The molecule has 0 aliphatic rings. The third-order valence-electron chi connectivity index (χ3n) is 16.0. The Morgan fingerprint density at radius 2 is 0.586 bits per heavy atom. The van der Waals surface area contributed by atoms with E-state index >= 15 is 0 Å². The number of aliphatic hydroxyl groups is 1. The highest BCUT2D eigenvalue weighted by Gasteiger charge is 2.30. The first kappa shape index (κ1) is 85.1. The van der Waals surface area contributed by atoms with Gasteiger partial charge in [-0.05, 0) is 43.4 Å². The predicted octanol–water partition coefficient (Wildman–Crippen LogP) is 19.1. The maximum Gasteiger partial charge on any atom is 0.472 e. The zero-order chi connectivity index (χ0) is 64.5. The second-order valence-electron chi connectivity index (χ2n) is 25.8. The highest BCUT2D eigenvalue weighted by atomic mass is 31.2. The Labute approximate surface area is 530 Å². The minimum atomic E-state index is -4.95. The van der Waals surface area contributed by atoms with E-state index in [9.17, 15) is 43.2 Å². The van der Waals surface area contributed by atoms with Crippen LogP contribution in [0.25, 0.3) is 0 Å². The Morgan fingerprint density at radius 3 is 0.874 bits per heavy atom. The molecule has 3 unspecified atom stereocenters. The number of ether oxygens (including phenoxy) is 4. The van der Waals surface area contributed by atoms with Gasteiger partial charge in [-0.2, -0.15) is 0 Å². The summed E-state index contributed by atoms with van der Waals surface area (Å²) in [5.74, 6) is 0.0690. The highest BCUT2D eigenvalue weighted by Crippen LogP contribution is 2.45. The van der Waals surface area contributed by atoms with Crippen LogP contribution >= 0.6 is 15.6 Å². The summed E-state index contributed by atoms with van der Waals surface area (Å²) < 4.78 is 68.2. The Hall–Kier alpha value is -1.94. The van der Waals surface area contributed by atoms with E-state index in [0.717, 1.165) is 108 Å². The molecule has 0 spiro atoms. The van der Waals surface area contributed by atoms with Crippen LogP contribution in [-0.2, 0) is 65.4 Å². The third kappa shape index (κ3) is 61.3. The summed E-state index contributed by atoms with van der Waals surface area (Å²) in [6.45, 7) is 11.7. The van der Waals surface area contributed by atoms with Crippen molar-refractivity contribution in [1.82, 2.24) is 0 Å². The standard InChI is InChI=1S/C68H132O17P2/c1-8-10-11-12-13-14-15-16-17-21-27-35-42-49-65(70)78-55-63(84-67(72)51-44-37-28-22-19-18-20-26-34-41-48-61(7)9-2)57-82-86(74,75)80-53-62(69)54-81-87(76,77)83-58-64(56-79-66(71)50-43-36-31-30-33-40-47-60(5)6)85-68(73)52-45-38-29-24-23-25-32-39-46-59(3)4/h59-64,69H,8-58H2,1-7H3,(H,74,75)(H,76,77)/t61?,62-,63-,64-/m1/s1. The maximum atomic E-state index is 13.0. The first-order chi connectivity index (χ1) is 41.8. The van der Waals surface area contributed by atoms with Crippen LogP contribution in [0.15, 0.2) is 0 Å². The molecule has 0 bridgehead atoms. The van der Waals surface area contributed by atoms with Crippen molar-refractivity contribution in [2.45, 2.75) is 356 Å². The lowest BCUT2D eigenvalue weighted by atomic mass is 9.99. The zero-order valence-electron chi connectivity index (χ0n) is 56.5. The fourth-order valence-electron chi connectivity index (χ4n) is 10.2. The molecule has 0 radical (unpaired) electrons. The summed E-state index contributed by atoms with van der Waals surface area (Å²) in [7, 11) is -9.90. The van der Waals surface area contributed by atoms with E-state index < -0.39 is 97.5 Å².